The predicted octanol–water partition coefficient (Wildman–Crippen LogP) is 3.87. The summed E-state index contributed by atoms with van der Waals surface area (Å²) < 4.78 is 42.0. The zero-order chi connectivity index (χ0) is 14.4. The van der Waals surface area contributed by atoms with Crippen LogP contribution in [0, 0.1) is 5.82 Å². The van der Waals surface area contributed by atoms with Gasteiger partial charge in [0, 0.05) is 5.56 Å². The standard InChI is InChI=1S/C14H11F3N2O/c15-12-8-4-5-10(13(12)20-14(16)17)9-18-19-11-6-2-1-3-7-11/h1-9,14,19H. The summed E-state index contributed by atoms with van der Waals surface area (Å²) in [6.07, 6.45) is 1.22. The summed E-state index contributed by atoms with van der Waals surface area (Å²) in [5.41, 5.74) is 3.54. The van der Waals surface area contributed by atoms with Crippen molar-refractivity contribution in [3.05, 3.63) is 59.9 Å². The molecule has 0 fully saturated rings. The van der Waals surface area contributed by atoms with Gasteiger partial charge >= 0.3 is 6.61 Å². The van der Waals surface area contributed by atoms with E-state index in [0.29, 0.717) is 0 Å². The minimum Gasteiger partial charge on any atom is -0.431 e. The molecule has 0 aliphatic heterocycles. The van der Waals surface area contributed by atoms with Gasteiger partial charge in [-0.3, -0.25) is 5.43 Å². The van der Waals surface area contributed by atoms with Crippen LogP contribution < -0.4 is 10.2 Å². The molecular weight excluding hydrogens is 269 g/mol. The molecule has 0 spiro atoms. The predicted molar refractivity (Wildman–Crippen MR) is 70.7 cm³/mol. The van der Waals surface area contributed by atoms with Crippen LogP contribution in [0.5, 0.6) is 5.75 Å². The molecule has 0 radical (unpaired) electrons. The molecule has 0 aromatic heterocycles. The first-order valence-corrected chi connectivity index (χ1v) is 5.74. The van der Waals surface area contributed by atoms with E-state index in [9.17, 15) is 13.2 Å². The molecule has 20 heavy (non-hydrogen) atoms. The number of rotatable bonds is 5. The van der Waals surface area contributed by atoms with Crippen molar-refractivity contribution in [1.82, 2.24) is 0 Å². The summed E-state index contributed by atoms with van der Waals surface area (Å²) in [5.74, 6) is -1.39. The summed E-state index contributed by atoms with van der Waals surface area (Å²) in [5, 5.41) is 3.85. The summed E-state index contributed by atoms with van der Waals surface area (Å²) in [7, 11) is 0. The largest absolute Gasteiger partial charge is 0.431 e. The Kier molecular flexibility index (Phi) is 4.60. The van der Waals surface area contributed by atoms with Gasteiger partial charge in [-0.15, -0.1) is 0 Å². The zero-order valence-electron chi connectivity index (χ0n) is 10.3. The van der Waals surface area contributed by atoms with E-state index in [1.807, 2.05) is 18.2 Å². The van der Waals surface area contributed by atoms with Gasteiger partial charge in [0.1, 0.15) is 0 Å². The smallest absolute Gasteiger partial charge is 0.387 e. The van der Waals surface area contributed by atoms with Gasteiger partial charge in [0.25, 0.3) is 0 Å². The van der Waals surface area contributed by atoms with Crippen LogP contribution in [0.3, 0.4) is 0 Å². The molecule has 0 bridgehead atoms. The van der Waals surface area contributed by atoms with Gasteiger partial charge in [-0.2, -0.15) is 13.9 Å². The Balaban J connectivity index is 2.14. The molecule has 1 N–H and O–H groups in total. The lowest BCUT2D eigenvalue weighted by atomic mass is 10.2. The SMILES string of the molecule is Fc1cccc(C=NNc2ccccc2)c1OC(F)F. The van der Waals surface area contributed by atoms with Crippen LogP contribution in [-0.2, 0) is 0 Å². The first kappa shape index (κ1) is 13.9. The van der Waals surface area contributed by atoms with Crippen LogP contribution in [0.1, 0.15) is 5.56 Å². The van der Waals surface area contributed by atoms with Gasteiger partial charge in [0.05, 0.1) is 11.9 Å². The third kappa shape index (κ3) is 3.74. The van der Waals surface area contributed by atoms with Gasteiger partial charge < -0.3 is 4.74 Å². The summed E-state index contributed by atoms with van der Waals surface area (Å²) >= 11 is 0. The minimum atomic E-state index is -3.10. The van der Waals surface area contributed by atoms with Crippen molar-refractivity contribution < 1.29 is 17.9 Å². The third-order valence-corrected chi connectivity index (χ3v) is 2.38. The van der Waals surface area contributed by atoms with Crippen LogP contribution >= 0.6 is 0 Å². The molecule has 0 heterocycles. The molecule has 0 amide bonds. The number of nitrogens with one attached hydrogen (secondary N) is 1. The molecule has 2 aromatic carbocycles. The first-order valence-electron chi connectivity index (χ1n) is 5.74. The lowest BCUT2D eigenvalue weighted by Gasteiger charge is -2.08. The Labute approximate surface area is 113 Å². The molecule has 0 aliphatic rings. The molecule has 0 saturated carbocycles. The summed E-state index contributed by atoms with van der Waals surface area (Å²) in [4.78, 5) is 0. The van der Waals surface area contributed by atoms with Crippen LogP contribution in [-0.4, -0.2) is 12.8 Å². The van der Waals surface area contributed by atoms with Gasteiger partial charge in [-0.1, -0.05) is 24.3 Å². The highest BCUT2D eigenvalue weighted by Gasteiger charge is 2.13. The molecular formula is C14H11F3N2O. The fourth-order valence-corrected chi connectivity index (χ4v) is 1.53. The van der Waals surface area contributed by atoms with E-state index in [1.165, 1.54) is 18.3 Å². The second-order valence-electron chi connectivity index (χ2n) is 3.77. The molecule has 3 nitrogen and oxygen atoms in total. The van der Waals surface area contributed by atoms with Crippen molar-refractivity contribution in [2.24, 2.45) is 5.10 Å². The average Bonchev–Trinajstić information content (AvgIpc) is 2.43. The molecule has 6 heteroatoms. The van der Waals surface area contributed by atoms with E-state index in [-0.39, 0.29) is 5.56 Å². The molecule has 0 aliphatic carbocycles. The Hall–Kier alpha value is -2.50. The van der Waals surface area contributed by atoms with Crippen molar-refractivity contribution >= 4 is 11.9 Å². The topological polar surface area (TPSA) is 33.6 Å². The Bertz CT molecular complexity index is 588. The number of nitrogens with zero attached hydrogens (tertiary/aromatic N) is 1. The number of hydrazone groups is 1. The average molecular weight is 280 g/mol. The van der Waals surface area contributed by atoms with Crippen LogP contribution in [0.4, 0.5) is 18.9 Å². The summed E-state index contributed by atoms with van der Waals surface area (Å²) in [6, 6.07) is 12.9. The van der Waals surface area contributed by atoms with E-state index < -0.39 is 18.2 Å². The van der Waals surface area contributed by atoms with Gasteiger partial charge in [-0.05, 0) is 24.3 Å². The van der Waals surface area contributed by atoms with Crippen molar-refractivity contribution in [2.75, 3.05) is 5.43 Å². The number of halogens is 3. The number of alkyl halides is 2. The van der Waals surface area contributed by atoms with E-state index >= 15 is 0 Å². The third-order valence-electron chi connectivity index (χ3n) is 2.38. The normalized spacial score (nSPS) is 11.0. The van der Waals surface area contributed by atoms with Gasteiger partial charge in [0.2, 0.25) is 0 Å². The van der Waals surface area contributed by atoms with E-state index in [1.54, 1.807) is 12.1 Å². The van der Waals surface area contributed by atoms with Crippen LogP contribution in [0.2, 0.25) is 0 Å². The van der Waals surface area contributed by atoms with Crippen LogP contribution in [0.25, 0.3) is 0 Å². The lowest BCUT2D eigenvalue weighted by Crippen LogP contribution is -2.06. The van der Waals surface area contributed by atoms with Crippen molar-refractivity contribution in [2.45, 2.75) is 6.61 Å². The molecule has 2 aromatic rings. The Morgan fingerprint density at radius 1 is 1.05 bits per heavy atom. The number of ether oxygens (including phenoxy) is 1. The van der Waals surface area contributed by atoms with Crippen molar-refractivity contribution in [3.8, 4) is 5.75 Å². The maximum atomic E-state index is 13.4. The second kappa shape index (κ2) is 6.60. The molecule has 0 atom stereocenters. The quantitative estimate of drug-likeness (QED) is 0.666. The Morgan fingerprint density at radius 3 is 2.50 bits per heavy atom. The van der Waals surface area contributed by atoms with Crippen molar-refractivity contribution in [1.29, 1.82) is 0 Å². The molecule has 104 valence electrons. The number of hydrogen-bond acceptors (Lipinski definition) is 3. The second-order valence-corrected chi connectivity index (χ2v) is 3.77. The monoisotopic (exact) mass is 280 g/mol. The van der Waals surface area contributed by atoms with E-state index in [4.69, 9.17) is 0 Å². The molecule has 2 rings (SSSR count). The fraction of sp³-hybridized carbons (Fsp3) is 0.0714. The van der Waals surface area contributed by atoms with Gasteiger partial charge in [0.15, 0.2) is 11.6 Å². The van der Waals surface area contributed by atoms with E-state index in [0.717, 1.165) is 11.8 Å². The Morgan fingerprint density at radius 2 is 1.80 bits per heavy atom. The highest BCUT2D eigenvalue weighted by atomic mass is 19.3. The van der Waals surface area contributed by atoms with Crippen molar-refractivity contribution in [3.63, 3.8) is 0 Å². The maximum Gasteiger partial charge on any atom is 0.387 e. The minimum absolute atomic E-state index is 0.119. The zero-order valence-corrected chi connectivity index (χ0v) is 10.3. The highest BCUT2D eigenvalue weighted by molar-refractivity contribution is 5.84. The molecule has 0 unspecified atom stereocenters. The number of hydrogen-bond donors (Lipinski definition) is 1. The van der Waals surface area contributed by atoms with Crippen LogP contribution in [0.15, 0.2) is 53.6 Å². The maximum absolute atomic E-state index is 13.4. The van der Waals surface area contributed by atoms with E-state index in [2.05, 4.69) is 15.3 Å². The summed E-state index contributed by atoms with van der Waals surface area (Å²) in [6.45, 7) is -3.10. The highest BCUT2D eigenvalue weighted by Crippen LogP contribution is 2.23. The number of benzene rings is 2. The molecule has 0 saturated heterocycles. The lowest BCUT2D eigenvalue weighted by molar-refractivity contribution is -0.0522. The fourth-order valence-electron chi connectivity index (χ4n) is 1.53. The number of anilines is 1. The number of para-hydroxylation sites is 2. The first-order chi connectivity index (χ1) is 9.66. The van der Waals surface area contributed by atoms with Gasteiger partial charge in [-0.25, -0.2) is 4.39 Å².